The maximum absolute atomic E-state index is 12.9. The lowest BCUT2D eigenvalue weighted by atomic mass is 10.00. The molecule has 0 saturated heterocycles. The largest absolute Gasteiger partial charge is 0.476 e. The first-order valence-corrected chi connectivity index (χ1v) is 8.55. The van der Waals surface area contributed by atoms with Crippen LogP contribution in [0.15, 0.2) is 42.5 Å². The second-order valence-electron chi connectivity index (χ2n) is 6.95. The average molecular weight is 337 g/mol. The molecule has 0 atom stereocenters. The van der Waals surface area contributed by atoms with E-state index in [0.717, 1.165) is 5.56 Å². The summed E-state index contributed by atoms with van der Waals surface area (Å²) >= 11 is 0. The Kier molecular flexibility index (Phi) is 4.38. The second kappa shape index (κ2) is 6.36. The van der Waals surface area contributed by atoms with Gasteiger partial charge in [0.15, 0.2) is 11.4 Å². The summed E-state index contributed by atoms with van der Waals surface area (Å²) in [5.41, 5.74) is 2.53. The number of ketones is 1. The van der Waals surface area contributed by atoms with E-state index in [4.69, 9.17) is 4.74 Å². The first-order chi connectivity index (χ1) is 11.8. The number of hydrogen-bond acceptors (Lipinski definition) is 3. The van der Waals surface area contributed by atoms with Crippen molar-refractivity contribution in [3.05, 3.63) is 59.2 Å². The van der Waals surface area contributed by atoms with E-state index in [1.807, 2.05) is 38.1 Å². The molecule has 0 unspecified atom stereocenters. The van der Waals surface area contributed by atoms with Gasteiger partial charge in [-0.05, 0) is 44.5 Å². The monoisotopic (exact) mass is 337 g/mol. The topological polar surface area (TPSA) is 46.6 Å². The second-order valence-corrected chi connectivity index (χ2v) is 6.95. The highest BCUT2D eigenvalue weighted by Crippen LogP contribution is 2.39. The van der Waals surface area contributed by atoms with E-state index in [9.17, 15) is 9.59 Å². The highest BCUT2D eigenvalue weighted by atomic mass is 16.5. The number of amides is 1. The Morgan fingerprint density at radius 1 is 1.12 bits per heavy atom. The summed E-state index contributed by atoms with van der Waals surface area (Å²) in [7, 11) is 0. The molecule has 1 amide bonds. The van der Waals surface area contributed by atoms with Crippen molar-refractivity contribution < 1.29 is 14.3 Å². The number of anilines is 1. The predicted molar refractivity (Wildman–Crippen MR) is 98.1 cm³/mol. The fraction of sp³-hybridized carbons (Fsp3) is 0.333. The molecule has 4 nitrogen and oxygen atoms in total. The van der Waals surface area contributed by atoms with Crippen molar-refractivity contribution in [1.82, 2.24) is 0 Å². The molecule has 0 N–H and O–H groups in total. The molecule has 3 rings (SSSR count). The van der Waals surface area contributed by atoms with Crippen molar-refractivity contribution in [2.75, 3.05) is 4.90 Å². The molecule has 0 fully saturated rings. The lowest BCUT2D eigenvalue weighted by Crippen LogP contribution is -2.52. The number of rotatable bonds is 4. The third kappa shape index (κ3) is 3.29. The van der Waals surface area contributed by atoms with Crippen LogP contribution in [0.25, 0.3) is 0 Å². The van der Waals surface area contributed by atoms with E-state index in [2.05, 4.69) is 0 Å². The molecule has 1 heterocycles. The first-order valence-electron chi connectivity index (χ1n) is 8.55. The standard InChI is InChI=1S/C21H23NO3/c1-5-18(23)16-10-11-19-17(12-16)22(20(24)21(3,4)25-19)13-15-8-6-14(2)7-9-15/h6-12H,5,13H2,1-4H3. The Bertz CT molecular complexity index is 822. The van der Waals surface area contributed by atoms with Gasteiger partial charge in [0, 0.05) is 12.0 Å². The van der Waals surface area contributed by atoms with Crippen LogP contribution in [0.1, 0.15) is 48.7 Å². The highest BCUT2D eigenvalue weighted by molar-refractivity contribution is 6.04. The fourth-order valence-electron chi connectivity index (χ4n) is 2.98. The van der Waals surface area contributed by atoms with Crippen molar-refractivity contribution in [2.24, 2.45) is 0 Å². The van der Waals surface area contributed by atoms with E-state index in [1.165, 1.54) is 5.56 Å². The third-order valence-electron chi connectivity index (χ3n) is 4.48. The van der Waals surface area contributed by atoms with Crippen LogP contribution in [0.5, 0.6) is 5.75 Å². The van der Waals surface area contributed by atoms with Crippen LogP contribution < -0.4 is 9.64 Å². The van der Waals surface area contributed by atoms with Crippen molar-refractivity contribution in [2.45, 2.75) is 46.3 Å². The van der Waals surface area contributed by atoms with Gasteiger partial charge < -0.3 is 9.64 Å². The molecule has 4 heteroatoms. The van der Waals surface area contributed by atoms with Gasteiger partial charge in [-0.15, -0.1) is 0 Å². The SMILES string of the molecule is CCC(=O)c1ccc2c(c1)N(Cc1ccc(C)cc1)C(=O)C(C)(C)O2. The summed E-state index contributed by atoms with van der Waals surface area (Å²) in [6.07, 6.45) is 0.428. The van der Waals surface area contributed by atoms with Gasteiger partial charge in [0.25, 0.3) is 5.91 Å². The molecule has 0 radical (unpaired) electrons. The van der Waals surface area contributed by atoms with Crippen LogP contribution in [0.4, 0.5) is 5.69 Å². The van der Waals surface area contributed by atoms with Gasteiger partial charge in [-0.1, -0.05) is 36.8 Å². The van der Waals surface area contributed by atoms with Crippen LogP contribution in [-0.4, -0.2) is 17.3 Å². The van der Waals surface area contributed by atoms with E-state index in [0.29, 0.717) is 30.0 Å². The van der Waals surface area contributed by atoms with Gasteiger partial charge in [-0.3, -0.25) is 9.59 Å². The minimum atomic E-state index is -0.937. The normalized spacial score (nSPS) is 15.5. The number of carbonyl (C=O) groups excluding carboxylic acids is 2. The molecule has 2 aromatic rings. The summed E-state index contributed by atoms with van der Waals surface area (Å²) in [6, 6.07) is 13.4. The van der Waals surface area contributed by atoms with Gasteiger partial charge in [-0.2, -0.15) is 0 Å². The van der Waals surface area contributed by atoms with Crippen LogP contribution in [-0.2, 0) is 11.3 Å². The number of fused-ring (bicyclic) bond motifs is 1. The zero-order valence-corrected chi connectivity index (χ0v) is 15.1. The number of benzene rings is 2. The van der Waals surface area contributed by atoms with Crippen molar-refractivity contribution in [1.29, 1.82) is 0 Å². The molecule has 2 aromatic carbocycles. The van der Waals surface area contributed by atoms with Gasteiger partial charge in [0.05, 0.1) is 12.2 Å². The molecule has 130 valence electrons. The quantitative estimate of drug-likeness (QED) is 0.782. The zero-order valence-electron chi connectivity index (χ0n) is 15.1. The number of nitrogens with zero attached hydrogens (tertiary/aromatic N) is 1. The summed E-state index contributed by atoms with van der Waals surface area (Å²) in [6.45, 7) is 7.85. The number of Topliss-reactive ketones (excluding diaryl/α,β-unsaturated/α-hetero) is 1. The summed E-state index contributed by atoms with van der Waals surface area (Å²) in [4.78, 5) is 26.7. The molecule has 0 spiro atoms. The number of ether oxygens (including phenoxy) is 1. The molecule has 0 bridgehead atoms. The molecular formula is C21H23NO3. The molecule has 0 aromatic heterocycles. The lowest BCUT2D eigenvalue weighted by Gasteiger charge is -2.39. The highest BCUT2D eigenvalue weighted by Gasteiger charge is 2.41. The molecule has 1 aliphatic heterocycles. The summed E-state index contributed by atoms with van der Waals surface area (Å²) in [5, 5.41) is 0. The number of hydrogen-bond donors (Lipinski definition) is 0. The Morgan fingerprint density at radius 3 is 2.44 bits per heavy atom. The Hall–Kier alpha value is -2.62. The maximum Gasteiger partial charge on any atom is 0.271 e. The van der Waals surface area contributed by atoms with Gasteiger partial charge in [0.2, 0.25) is 0 Å². The van der Waals surface area contributed by atoms with Crippen molar-refractivity contribution >= 4 is 17.4 Å². The van der Waals surface area contributed by atoms with Gasteiger partial charge in [-0.25, -0.2) is 0 Å². The van der Waals surface area contributed by atoms with Crippen LogP contribution >= 0.6 is 0 Å². The first kappa shape index (κ1) is 17.2. The van der Waals surface area contributed by atoms with E-state index < -0.39 is 5.60 Å². The average Bonchev–Trinajstić information content (AvgIpc) is 2.59. The molecule has 0 saturated carbocycles. The lowest BCUT2D eigenvalue weighted by molar-refractivity contribution is -0.132. The molecular weight excluding hydrogens is 314 g/mol. The van der Waals surface area contributed by atoms with Crippen molar-refractivity contribution in [3.63, 3.8) is 0 Å². The third-order valence-corrected chi connectivity index (χ3v) is 4.48. The fourth-order valence-corrected chi connectivity index (χ4v) is 2.98. The summed E-state index contributed by atoms with van der Waals surface area (Å²) in [5.74, 6) is 0.571. The Labute approximate surface area is 148 Å². The maximum atomic E-state index is 12.9. The molecule has 0 aliphatic carbocycles. The Morgan fingerprint density at radius 2 is 1.80 bits per heavy atom. The number of aryl methyl sites for hydroxylation is 1. The van der Waals surface area contributed by atoms with Crippen LogP contribution in [0.2, 0.25) is 0 Å². The summed E-state index contributed by atoms with van der Waals surface area (Å²) < 4.78 is 5.88. The Balaban J connectivity index is 2.04. The molecule has 1 aliphatic rings. The minimum absolute atomic E-state index is 0.0513. The van der Waals surface area contributed by atoms with E-state index in [-0.39, 0.29) is 11.7 Å². The van der Waals surface area contributed by atoms with E-state index in [1.54, 1.807) is 36.9 Å². The van der Waals surface area contributed by atoms with Gasteiger partial charge >= 0.3 is 0 Å². The molecule has 25 heavy (non-hydrogen) atoms. The minimum Gasteiger partial charge on any atom is -0.476 e. The number of carbonyl (C=O) groups is 2. The van der Waals surface area contributed by atoms with Crippen LogP contribution in [0, 0.1) is 6.92 Å². The van der Waals surface area contributed by atoms with Crippen molar-refractivity contribution in [3.8, 4) is 5.75 Å². The van der Waals surface area contributed by atoms with Crippen LogP contribution in [0.3, 0.4) is 0 Å². The predicted octanol–water partition coefficient (Wildman–Crippen LogP) is 4.29. The zero-order chi connectivity index (χ0) is 18.2. The van der Waals surface area contributed by atoms with E-state index >= 15 is 0 Å². The smallest absolute Gasteiger partial charge is 0.271 e. The van der Waals surface area contributed by atoms with Gasteiger partial charge in [0.1, 0.15) is 5.75 Å².